The number of halogens is 1. The van der Waals surface area contributed by atoms with Crippen LogP contribution < -0.4 is 5.32 Å². The second kappa shape index (κ2) is 5.60. The van der Waals surface area contributed by atoms with Crippen LogP contribution in [0.15, 0.2) is 42.5 Å². The Balaban J connectivity index is 1.72. The van der Waals surface area contributed by atoms with Crippen molar-refractivity contribution in [2.24, 2.45) is 0 Å². The normalized spacial score (nSPS) is 16.1. The number of nitrogens with one attached hydrogen (secondary N) is 1. The number of fused-ring (bicyclic) bond motifs is 1. The summed E-state index contributed by atoms with van der Waals surface area (Å²) in [5.41, 5.74) is 2.40. The Kier molecular flexibility index (Phi) is 3.63. The van der Waals surface area contributed by atoms with Gasteiger partial charge in [-0.1, -0.05) is 18.2 Å². The van der Waals surface area contributed by atoms with E-state index in [1.165, 1.54) is 18.2 Å². The van der Waals surface area contributed by atoms with E-state index in [0.29, 0.717) is 16.8 Å². The van der Waals surface area contributed by atoms with Crippen LogP contribution in [0.3, 0.4) is 0 Å². The predicted octanol–water partition coefficient (Wildman–Crippen LogP) is 3.37. The number of hydrogen-bond acceptors (Lipinski definition) is 3. The lowest BCUT2D eigenvalue weighted by atomic mass is 10.0. The minimum Gasteiger partial charge on any atom is -0.453 e. The number of benzene rings is 2. The molecule has 1 N–H and O–H groups in total. The summed E-state index contributed by atoms with van der Waals surface area (Å²) in [6, 6.07) is 11.2. The zero-order chi connectivity index (χ0) is 15.7. The summed E-state index contributed by atoms with van der Waals surface area (Å²) in [7, 11) is 0. The van der Waals surface area contributed by atoms with E-state index in [0.717, 1.165) is 5.56 Å². The van der Waals surface area contributed by atoms with Crippen LogP contribution in [-0.4, -0.2) is 11.9 Å². The number of hydrogen-bond donors (Lipinski definition) is 1. The smallest absolute Gasteiger partial charge is 0.339 e. The Morgan fingerprint density at radius 3 is 2.82 bits per heavy atom. The first-order valence-corrected chi connectivity index (χ1v) is 6.90. The molecule has 4 nitrogen and oxygen atoms in total. The van der Waals surface area contributed by atoms with E-state index in [1.54, 1.807) is 31.2 Å². The third-order valence-electron chi connectivity index (χ3n) is 3.61. The highest BCUT2D eigenvalue weighted by atomic mass is 19.1. The standard InChI is InChI=1S/C17H14FNO3/c1-10-8-11(18)6-7-14(10)19-16(20)9-15-12-4-2-3-5-13(12)17(21)22-15/h2-8,15H,9H2,1H3,(H,19,20)/t15-/m1/s1. The number of rotatable bonds is 3. The molecular formula is C17H14FNO3. The molecule has 1 aliphatic rings. The van der Waals surface area contributed by atoms with Crippen LogP contribution in [0.5, 0.6) is 0 Å². The molecule has 112 valence electrons. The molecule has 0 fully saturated rings. The minimum absolute atomic E-state index is 0.0274. The molecule has 0 bridgehead atoms. The number of cyclic esters (lactones) is 1. The van der Waals surface area contributed by atoms with Crippen LogP contribution in [-0.2, 0) is 9.53 Å². The van der Waals surface area contributed by atoms with Crippen molar-refractivity contribution in [3.63, 3.8) is 0 Å². The minimum atomic E-state index is -0.579. The van der Waals surface area contributed by atoms with E-state index in [4.69, 9.17) is 4.74 Å². The van der Waals surface area contributed by atoms with Crippen molar-refractivity contribution < 1.29 is 18.7 Å². The van der Waals surface area contributed by atoms with Crippen LogP contribution in [0.25, 0.3) is 0 Å². The van der Waals surface area contributed by atoms with Gasteiger partial charge in [0, 0.05) is 11.3 Å². The highest BCUT2D eigenvalue weighted by molar-refractivity contribution is 5.96. The van der Waals surface area contributed by atoms with Crippen LogP contribution in [0.2, 0.25) is 0 Å². The van der Waals surface area contributed by atoms with Crippen molar-refractivity contribution >= 4 is 17.6 Å². The molecule has 0 aromatic heterocycles. The first-order valence-electron chi connectivity index (χ1n) is 6.90. The van der Waals surface area contributed by atoms with E-state index in [1.807, 2.05) is 0 Å². The lowest BCUT2D eigenvalue weighted by Crippen LogP contribution is -2.16. The summed E-state index contributed by atoms with van der Waals surface area (Å²) < 4.78 is 18.3. The van der Waals surface area contributed by atoms with Crippen LogP contribution >= 0.6 is 0 Å². The number of carbonyl (C=O) groups is 2. The molecule has 1 amide bonds. The third kappa shape index (κ3) is 2.70. The van der Waals surface area contributed by atoms with Crippen molar-refractivity contribution in [1.82, 2.24) is 0 Å². The van der Waals surface area contributed by atoms with E-state index >= 15 is 0 Å². The fraction of sp³-hybridized carbons (Fsp3) is 0.176. The molecule has 1 atom stereocenters. The molecule has 2 aromatic rings. The molecule has 0 spiro atoms. The summed E-state index contributed by atoms with van der Waals surface area (Å²) in [6.45, 7) is 1.71. The van der Waals surface area contributed by atoms with E-state index in [-0.39, 0.29) is 18.1 Å². The van der Waals surface area contributed by atoms with Crippen LogP contribution in [0.4, 0.5) is 10.1 Å². The quantitative estimate of drug-likeness (QED) is 0.884. The Hall–Kier alpha value is -2.69. The summed E-state index contributed by atoms with van der Waals surface area (Å²) >= 11 is 0. The highest BCUT2D eigenvalue weighted by Gasteiger charge is 2.32. The Morgan fingerprint density at radius 2 is 2.05 bits per heavy atom. The first kappa shape index (κ1) is 14.3. The maximum absolute atomic E-state index is 13.1. The van der Waals surface area contributed by atoms with Crippen molar-refractivity contribution in [2.45, 2.75) is 19.4 Å². The van der Waals surface area contributed by atoms with Gasteiger partial charge >= 0.3 is 5.97 Å². The predicted molar refractivity (Wildman–Crippen MR) is 79.0 cm³/mol. The van der Waals surface area contributed by atoms with Crippen molar-refractivity contribution in [3.8, 4) is 0 Å². The molecule has 22 heavy (non-hydrogen) atoms. The summed E-state index contributed by atoms with van der Waals surface area (Å²) in [6.07, 6.45) is -0.552. The van der Waals surface area contributed by atoms with Gasteiger partial charge in [0.15, 0.2) is 0 Å². The molecule has 3 rings (SSSR count). The molecule has 0 saturated carbocycles. The Morgan fingerprint density at radius 1 is 1.27 bits per heavy atom. The second-order valence-corrected chi connectivity index (χ2v) is 5.19. The molecular weight excluding hydrogens is 285 g/mol. The summed E-state index contributed by atoms with van der Waals surface area (Å²) in [5.74, 6) is -1.05. The number of aryl methyl sites for hydroxylation is 1. The molecule has 0 aliphatic carbocycles. The molecule has 0 unspecified atom stereocenters. The van der Waals surface area contributed by atoms with Gasteiger partial charge in [0.2, 0.25) is 5.91 Å². The Labute approximate surface area is 126 Å². The van der Waals surface area contributed by atoms with Gasteiger partial charge in [0.05, 0.1) is 12.0 Å². The van der Waals surface area contributed by atoms with E-state index in [9.17, 15) is 14.0 Å². The number of carbonyl (C=O) groups excluding carboxylic acids is 2. The number of anilines is 1. The van der Waals surface area contributed by atoms with Crippen LogP contribution in [0.1, 0.15) is 34.0 Å². The molecule has 2 aromatic carbocycles. The van der Waals surface area contributed by atoms with Gasteiger partial charge in [-0.3, -0.25) is 4.79 Å². The average molecular weight is 299 g/mol. The summed E-state index contributed by atoms with van der Waals surface area (Å²) in [4.78, 5) is 23.8. The Bertz CT molecular complexity index is 757. The maximum Gasteiger partial charge on any atom is 0.339 e. The molecule has 0 saturated heterocycles. The third-order valence-corrected chi connectivity index (χ3v) is 3.61. The number of esters is 1. The molecule has 1 aliphatic heterocycles. The maximum atomic E-state index is 13.1. The highest BCUT2D eigenvalue weighted by Crippen LogP contribution is 2.33. The topological polar surface area (TPSA) is 55.4 Å². The van der Waals surface area contributed by atoms with Crippen LogP contribution in [0, 0.1) is 12.7 Å². The SMILES string of the molecule is Cc1cc(F)ccc1NC(=O)C[C@H]1OC(=O)c2ccccc21. The van der Waals surface area contributed by atoms with Crippen molar-refractivity contribution in [1.29, 1.82) is 0 Å². The summed E-state index contributed by atoms with van der Waals surface area (Å²) in [5, 5.41) is 2.71. The number of ether oxygens (including phenoxy) is 1. The van der Waals surface area contributed by atoms with E-state index in [2.05, 4.69) is 5.32 Å². The van der Waals surface area contributed by atoms with Gasteiger partial charge in [-0.15, -0.1) is 0 Å². The lowest BCUT2D eigenvalue weighted by Gasteiger charge is -2.12. The largest absolute Gasteiger partial charge is 0.453 e. The lowest BCUT2D eigenvalue weighted by molar-refractivity contribution is -0.118. The van der Waals surface area contributed by atoms with Gasteiger partial charge in [0.1, 0.15) is 11.9 Å². The number of amides is 1. The van der Waals surface area contributed by atoms with Gasteiger partial charge < -0.3 is 10.1 Å². The monoisotopic (exact) mass is 299 g/mol. The van der Waals surface area contributed by atoms with Gasteiger partial charge in [-0.25, -0.2) is 9.18 Å². The molecule has 0 radical (unpaired) electrons. The zero-order valence-electron chi connectivity index (χ0n) is 11.9. The zero-order valence-corrected chi connectivity index (χ0v) is 11.9. The average Bonchev–Trinajstić information content (AvgIpc) is 2.79. The van der Waals surface area contributed by atoms with Crippen molar-refractivity contribution in [3.05, 3.63) is 65.0 Å². The van der Waals surface area contributed by atoms with Gasteiger partial charge in [-0.2, -0.15) is 0 Å². The van der Waals surface area contributed by atoms with Crippen molar-refractivity contribution in [2.75, 3.05) is 5.32 Å². The molecule has 5 heteroatoms. The first-order chi connectivity index (χ1) is 10.5. The molecule has 1 heterocycles. The van der Waals surface area contributed by atoms with Gasteiger partial charge in [-0.05, 0) is 36.8 Å². The van der Waals surface area contributed by atoms with E-state index < -0.39 is 12.1 Å². The fourth-order valence-electron chi connectivity index (χ4n) is 2.51. The second-order valence-electron chi connectivity index (χ2n) is 5.19. The fourth-order valence-corrected chi connectivity index (χ4v) is 2.51. The van der Waals surface area contributed by atoms with Gasteiger partial charge in [0.25, 0.3) is 0 Å².